The maximum absolute atomic E-state index is 11.6. The third-order valence-electron chi connectivity index (χ3n) is 1.93. The molecule has 0 spiro atoms. The molecule has 0 aliphatic carbocycles. The molecular formula is C11H15ClN2O2. The van der Waals surface area contributed by atoms with E-state index in [4.69, 9.17) is 16.3 Å². The van der Waals surface area contributed by atoms with E-state index < -0.39 is 5.97 Å². The van der Waals surface area contributed by atoms with E-state index in [-0.39, 0.29) is 17.0 Å². The molecular weight excluding hydrogens is 228 g/mol. The van der Waals surface area contributed by atoms with Crippen LogP contribution in [0.5, 0.6) is 0 Å². The van der Waals surface area contributed by atoms with Crippen molar-refractivity contribution in [2.24, 2.45) is 5.92 Å². The van der Waals surface area contributed by atoms with Crippen LogP contribution in [-0.2, 0) is 4.74 Å². The van der Waals surface area contributed by atoms with Gasteiger partial charge < -0.3 is 4.74 Å². The number of esters is 1. The normalized spacial score (nSPS) is 12.6. The van der Waals surface area contributed by atoms with E-state index in [0.29, 0.717) is 5.92 Å². The van der Waals surface area contributed by atoms with E-state index in [0.717, 1.165) is 6.42 Å². The van der Waals surface area contributed by atoms with Crippen LogP contribution in [0.4, 0.5) is 0 Å². The van der Waals surface area contributed by atoms with Gasteiger partial charge in [-0.3, -0.25) is 4.98 Å². The zero-order valence-electron chi connectivity index (χ0n) is 9.61. The first-order valence-corrected chi connectivity index (χ1v) is 5.55. The molecule has 1 atom stereocenters. The lowest BCUT2D eigenvalue weighted by atomic mass is 10.1. The highest BCUT2D eigenvalue weighted by Crippen LogP contribution is 2.10. The van der Waals surface area contributed by atoms with Crippen LogP contribution in [0.15, 0.2) is 12.4 Å². The van der Waals surface area contributed by atoms with Crippen molar-refractivity contribution in [2.45, 2.75) is 33.3 Å². The van der Waals surface area contributed by atoms with E-state index in [1.54, 1.807) is 0 Å². The Bertz CT molecular complexity index is 369. The van der Waals surface area contributed by atoms with Crippen molar-refractivity contribution in [1.82, 2.24) is 9.97 Å². The lowest BCUT2D eigenvalue weighted by Crippen LogP contribution is -2.18. The lowest BCUT2D eigenvalue weighted by molar-refractivity contribution is 0.0292. The molecule has 5 heteroatoms. The van der Waals surface area contributed by atoms with Gasteiger partial charge in [0.15, 0.2) is 5.69 Å². The van der Waals surface area contributed by atoms with Crippen LogP contribution in [0.3, 0.4) is 0 Å². The number of nitrogens with zero attached hydrogens (tertiary/aromatic N) is 2. The summed E-state index contributed by atoms with van der Waals surface area (Å²) in [5.74, 6) is -0.00334. The quantitative estimate of drug-likeness (QED) is 0.762. The van der Waals surface area contributed by atoms with Gasteiger partial charge in [0.25, 0.3) is 0 Å². The van der Waals surface area contributed by atoms with Crippen LogP contribution in [0.1, 0.15) is 37.7 Å². The molecule has 4 nitrogen and oxygen atoms in total. The average molecular weight is 243 g/mol. The average Bonchev–Trinajstić information content (AvgIpc) is 2.16. The SMILES string of the molecule is CC(C)CC(C)OC(=O)c1cncc(Cl)n1. The second-order valence-corrected chi connectivity index (χ2v) is 4.46. The number of carbonyl (C=O) groups is 1. The smallest absolute Gasteiger partial charge is 0.358 e. The second-order valence-electron chi connectivity index (χ2n) is 4.07. The molecule has 1 aromatic heterocycles. The van der Waals surface area contributed by atoms with Gasteiger partial charge in [-0.15, -0.1) is 0 Å². The number of rotatable bonds is 4. The van der Waals surface area contributed by atoms with E-state index in [1.807, 2.05) is 6.92 Å². The van der Waals surface area contributed by atoms with Crippen LogP contribution in [0.2, 0.25) is 5.15 Å². The fourth-order valence-corrected chi connectivity index (χ4v) is 1.54. The van der Waals surface area contributed by atoms with Gasteiger partial charge in [-0.25, -0.2) is 9.78 Å². The predicted molar refractivity (Wildman–Crippen MR) is 61.4 cm³/mol. The minimum absolute atomic E-state index is 0.131. The molecule has 1 aromatic rings. The minimum Gasteiger partial charge on any atom is -0.458 e. The van der Waals surface area contributed by atoms with Crippen molar-refractivity contribution in [1.29, 1.82) is 0 Å². The Hall–Kier alpha value is -1.16. The molecule has 0 radical (unpaired) electrons. The number of ether oxygens (including phenoxy) is 1. The van der Waals surface area contributed by atoms with Gasteiger partial charge in [0.2, 0.25) is 0 Å². The van der Waals surface area contributed by atoms with Crippen LogP contribution in [0, 0.1) is 5.92 Å². The molecule has 0 aliphatic heterocycles. The van der Waals surface area contributed by atoms with E-state index >= 15 is 0 Å². The zero-order valence-corrected chi connectivity index (χ0v) is 10.4. The molecule has 1 rings (SSSR count). The van der Waals surface area contributed by atoms with Crippen LogP contribution in [-0.4, -0.2) is 22.0 Å². The summed E-state index contributed by atoms with van der Waals surface area (Å²) in [6.45, 7) is 6.00. The molecule has 88 valence electrons. The summed E-state index contributed by atoms with van der Waals surface area (Å²) in [4.78, 5) is 19.2. The van der Waals surface area contributed by atoms with Crippen molar-refractivity contribution >= 4 is 17.6 Å². The first-order chi connectivity index (χ1) is 7.49. The Morgan fingerprint density at radius 2 is 2.12 bits per heavy atom. The highest BCUT2D eigenvalue weighted by Gasteiger charge is 2.14. The van der Waals surface area contributed by atoms with E-state index in [9.17, 15) is 4.79 Å². The number of aromatic nitrogens is 2. The van der Waals surface area contributed by atoms with Gasteiger partial charge in [-0.1, -0.05) is 25.4 Å². The van der Waals surface area contributed by atoms with Gasteiger partial charge >= 0.3 is 5.97 Å². The third-order valence-corrected chi connectivity index (χ3v) is 2.11. The molecule has 0 amide bonds. The summed E-state index contributed by atoms with van der Waals surface area (Å²) in [5.41, 5.74) is 0.142. The molecule has 1 unspecified atom stereocenters. The van der Waals surface area contributed by atoms with Gasteiger partial charge in [0.1, 0.15) is 5.15 Å². The van der Waals surface area contributed by atoms with Crippen LogP contribution >= 0.6 is 11.6 Å². The number of halogens is 1. The molecule has 0 saturated carbocycles. The molecule has 1 heterocycles. The minimum atomic E-state index is -0.483. The Morgan fingerprint density at radius 3 is 2.69 bits per heavy atom. The Balaban J connectivity index is 2.59. The summed E-state index contributed by atoms with van der Waals surface area (Å²) in [6, 6.07) is 0. The lowest BCUT2D eigenvalue weighted by Gasteiger charge is -2.14. The van der Waals surface area contributed by atoms with Crippen molar-refractivity contribution in [3.05, 3.63) is 23.2 Å². The van der Waals surface area contributed by atoms with Crippen molar-refractivity contribution in [3.8, 4) is 0 Å². The topological polar surface area (TPSA) is 52.1 Å². The highest BCUT2D eigenvalue weighted by atomic mass is 35.5. The van der Waals surface area contributed by atoms with Gasteiger partial charge in [-0.05, 0) is 19.3 Å². The molecule has 0 N–H and O–H groups in total. The molecule has 0 saturated heterocycles. The second kappa shape index (κ2) is 5.80. The molecule has 0 fully saturated rings. The first-order valence-electron chi connectivity index (χ1n) is 5.17. The predicted octanol–water partition coefficient (Wildman–Crippen LogP) is 2.72. The Labute approximate surface area is 100 Å². The van der Waals surface area contributed by atoms with Gasteiger partial charge in [-0.2, -0.15) is 0 Å². The molecule has 0 aliphatic rings. The Morgan fingerprint density at radius 1 is 1.44 bits per heavy atom. The highest BCUT2D eigenvalue weighted by molar-refractivity contribution is 6.29. The van der Waals surface area contributed by atoms with E-state index in [2.05, 4.69) is 23.8 Å². The van der Waals surface area contributed by atoms with Crippen molar-refractivity contribution in [3.63, 3.8) is 0 Å². The number of hydrogen-bond acceptors (Lipinski definition) is 4. The summed E-state index contributed by atoms with van der Waals surface area (Å²) in [7, 11) is 0. The molecule has 16 heavy (non-hydrogen) atoms. The third kappa shape index (κ3) is 4.14. The van der Waals surface area contributed by atoms with Crippen molar-refractivity contribution in [2.75, 3.05) is 0 Å². The molecule has 0 bridgehead atoms. The van der Waals surface area contributed by atoms with E-state index in [1.165, 1.54) is 12.4 Å². The van der Waals surface area contributed by atoms with Crippen LogP contribution < -0.4 is 0 Å². The van der Waals surface area contributed by atoms with Crippen LogP contribution in [0.25, 0.3) is 0 Å². The Kier molecular flexibility index (Phi) is 4.68. The number of hydrogen-bond donors (Lipinski definition) is 0. The maximum Gasteiger partial charge on any atom is 0.358 e. The summed E-state index contributed by atoms with van der Waals surface area (Å²) in [6.07, 6.45) is 3.40. The summed E-state index contributed by atoms with van der Waals surface area (Å²) in [5, 5.41) is 0.186. The zero-order chi connectivity index (χ0) is 12.1. The fraction of sp³-hybridized carbons (Fsp3) is 0.545. The molecule has 0 aromatic carbocycles. The monoisotopic (exact) mass is 242 g/mol. The van der Waals surface area contributed by atoms with Crippen molar-refractivity contribution < 1.29 is 9.53 Å². The maximum atomic E-state index is 11.6. The van der Waals surface area contributed by atoms with Gasteiger partial charge in [0.05, 0.1) is 18.5 Å². The largest absolute Gasteiger partial charge is 0.458 e. The van der Waals surface area contributed by atoms with Gasteiger partial charge in [0, 0.05) is 0 Å². The fourth-order valence-electron chi connectivity index (χ4n) is 1.40. The first kappa shape index (κ1) is 12.9. The summed E-state index contributed by atoms with van der Waals surface area (Å²) < 4.78 is 5.20. The number of carbonyl (C=O) groups excluding carboxylic acids is 1. The summed E-state index contributed by atoms with van der Waals surface area (Å²) >= 11 is 5.63. The standard InChI is InChI=1S/C11H15ClN2O2/c1-7(2)4-8(3)16-11(15)9-5-13-6-10(12)14-9/h5-8H,4H2,1-3H3.